The summed E-state index contributed by atoms with van der Waals surface area (Å²) in [6.45, 7) is -0.240. The van der Waals surface area contributed by atoms with E-state index in [1.807, 2.05) is 0 Å². The first kappa shape index (κ1) is 17.2. The molecule has 0 saturated heterocycles. The lowest BCUT2D eigenvalue weighted by Gasteiger charge is -2.05. The van der Waals surface area contributed by atoms with Crippen molar-refractivity contribution in [3.8, 4) is 5.88 Å². The molecule has 0 amide bonds. The van der Waals surface area contributed by atoms with E-state index in [4.69, 9.17) is 26.9 Å². The Bertz CT molecular complexity index is 735. The van der Waals surface area contributed by atoms with E-state index in [0.717, 1.165) is 0 Å². The molecule has 0 unspecified atom stereocenters. The summed E-state index contributed by atoms with van der Waals surface area (Å²) in [5.74, 6) is 0.178. The van der Waals surface area contributed by atoms with Crippen LogP contribution in [0.5, 0.6) is 5.88 Å². The minimum Gasteiger partial charge on any atom is -0.480 e. The Morgan fingerprint density at radius 3 is 2.65 bits per heavy atom. The summed E-state index contributed by atoms with van der Waals surface area (Å²) in [5.41, 5.74) is 6.63. The van der Waals surface area contributed by atoms with Crippen molar-refractivity contribution < 1.29 is 14.4 Å². The molecule has 2 N–H and O–H groups in total. The molecule has 0 bridgehead atoms. The average molecular weight is 399 g/mol. The number of methoxy groups -OCH3 is 1. The lowest BCUT2D eigenvalue weighted by molar-refractivity contribution is 0.0775. The van der Waals surface area contributed by atoms with Crippen molar-refractivity contribution in [1.82, 2.24) is 4.98 Å². The summed E-state index contributed by atoms with van der Waals surface area (Å²) in [5, 5.41) is 4.25. The number of nitrogens with zero attached hydrogens (tertiary/aromatic N) is 2. The van der Waals surface area contributed by atoms with Crippen molar-refractivity contribution in [2.24, 2.45) is 10.9 Å². The topological polar surface area (TPSA) is 86.8 Å². The van der Waals surface area contributed by atoms with Crippen LogP contribution in [-0.4, -0.2) is 30.3 Å². The molecule has 120 valence electrons. The van der Waals surface area contributed by atoms with Gasteiger partial charge in [0.2, 0.25) is 11.7 Å². The van der Waals surface area contributed by atoms with E-state index in [0.29, 0.717) is 26.6 Å². The molecule has 0 aliphatic heterocycles. The Morgan fingerprint density at radius 1 is 1.30 bits per heavy atom. The quantitative estimate of drug-likeness (QED) is 0.350. The number of halogens is 2. The zero-order valence-electron chi connectivity index (χ0n) is 12.1. The van der Waals surface area contributed by atoms with Gasteiger partial charge in [-0.15, -0.1) is 0 Å². The van der Waals surface area contributed by atoms with Gasteiger partial charge < -0.3 is 15.3 Å². The number of amidine groups is 1. The number of hydrogen-bond acceptors (Lipinski definition) is 5. The normalized spacial score (nSPS) is 11.2. The standard InChI is InChI=1S/C15H13BrClN3O3/c1-22-15-11(16)6-7-12(19-15)14(18)20-23-8-13(21)9-2-4-10(17)5-3-9/h2-7H,8H2,1H3,(H2,18,20). The molecule has 23 heavy (non-hydrogen) atoms. The van der Waals surface area contributed by atoms with Gasteiger partial charge in [-0.3, -0.25) is 4.79 Å². The Hall–Kier alpha value is -2.12. The Morgan fingerprint density at radius 2 is 2.00 bits per heavy atom. The zero-order chi connectivity index (χ0) is 16.8. The summed E-state index contributed by atoms with van der Waals surface area (Å²) in [6, 6.07) is 9.86. The lowest BCUT2D eigenvalue weighted by Crippen LogP contribution is -2.17. The van der Waals surface area contributed by atoms with E-state index in [1.165, 1.54) is 7.11 Å². The second kappa shape index (κ2) is 7.94. The third kappa shape index (κ3) is 4.67. The molecule has 0 radical (unpaired) electrons. The van der Waals surface area contributed by atoms with Gasteiger partial charge in [-0.2, -0.15) is 0 Å². The summed E-state index contributed by atoms with van der Waals surface area (Å²) in [7, 11) is 1.49. The highest BCUT2D eigenvalue weighted by Gasteiger charge is 2.09. The van der Waals surface area contributed by atoms with Crippen molar-refractivity contribution >= 4 is 39.1 Å². The number of benzene rings is 1. The summed E-state index contributed by atoms with van der Waals surface area (Å²) >= 11 is 9.05. The van der Waals surface area contributed by atoms with E-state index in [9.17, 15) is 4.79 Å². The van der Waals surface area contributed by atoms with E-state index in [1.54, 1.807) is 36.4 Å². The molecular formula is C15H13BrClN3O3. The van der Waals surface area contributed by atoms with Crippen LogP contribution in [0.3, 0.4) is 0 Å². The number of Topliss-reactive ketones (excluding diaryl/α,β-unsaturated/α-hetero) is 1. The van der Waals surface area contributed by atoms with Gasteiger partial charge in [0.25, 0.3) is 0 Å². The van der Waals surface area contributed by atoms with Gasteiger partial charge in [-0.05, 0) is 52.3 Å². The van der Waals surface area contributed by atoms with Gasteiger partial charge in [0.05, 0.1) is 11.6 Å². The Labute approximate surface area is 146 Å². The molecule has 2 rings (SSSR count). The van der Waals surface area contributed by atoms with Gasteiger partial charge in [0.15, 0.2) is 12.4 Å². The highest BCUT2D eigenvalue weighted by atomic mass is 79.9. The van der Waals surface area contributed by atoms with Gasteiger partial charge in [0.1, 0.15) is 5.69 Å². The van der Waals surface area contributed by atoms with Crippen LogP contribution in [0, 0.1) is 0 Å². The first-order valence-electron chi connectivity index (χ1n) is 6.46. The van der Waals surface area contributed by atoms with Crippen molar-refractivity contribution in [2.45, 2.75) is 0 Å². The molecule has 6 nitrogen and oxygen atoms in total. The number of carbonyl (C=O) groups excluding carboxylic acids is 1. The van der Waals surface area contributed by atoms with Crippen LogP contribution in [-0.2, 0) is 4.84 Å². The first-order chi connectivity index (χ1) is 11.0. The molecule has 0 spiro atoms. The van der Waals surface area contributed by atoms with Gasteiger partial charge >= 0.3 is 0 Å². The minimum absolute atomic E-state index is 0.0414. The third-order valence-electron chi connectivity index (χ3n) is 2.79. The van der Waals surface area contributed by atoms with Crippen molar-refractivity contribution in [2.75, 3.05) is 13.7 Å². The molecule has 1 aromatic carbocycles. The fourth-order valence-corrected chi connectivity index (χ4v) is 2.14. The second-order valence-corrected chi connectivity index (χ2v) is 5.66. The van der Waals surface area contributed by atoms with Crippen LogP contribution in [0.4, 0.5) is 0 Å². The average Bonchev–Trinajstić information content (AvgIpc) is 2.55. The fraction of sp³-hybridized carbons (Fsp3) is 0.133. The summed E-state index contributed by atoms with van der Waals surface area (Å²) in [4.78, 5) is 21.0. The Balaban J connectivity index is 1.99. The predicted octanol–water partition coefficient (Wildman–Crippen LogP) is 3.03. The summed E-state index contributed by atoms with van der Waals surface area (Å²) in [6.07, 6.45) is 0. The number of carbonyl (C=O) groups is 1. The SMILES string of the molecule is COc1nc(/C(N)=N/OCC(=O)c2ccc(Cl)cc2)ccc1Br. The van der Waals surface area contributed by atoms with Gasteiger partial charge in [-0.25, -0.2) is 4.98 Å². The van der Waals surface area contributed by atoms with Crippen molar-refractivity contribution in [1.29, 1.82) is 0 Å². The van der Waals surface area contributed by atoms with Crippen molar-refractivity contribution in [3.63, 3.8) is 0 Å². The van der Waals surface area contributed by atoms with Crippen LogP contribution in [0.1, 0.15) is 16.1 Å². The smallest absolute Gasteiger partial charge is 0.228 e. The first-order valence-corrected chi connectivity index (χ1v) is 7.63. The maximum absolute atomic E-state index is 11.9. The highest BCUT2D eigenvalue weighted by molar-refractivity contribution is 9.10. The van der Waals surface area contributed by atoms with Crippen LogP contribution in [0.25, 0.3) is 0 Å². The number of nitrogens with two attached hydrogens (primary N) is 1. The maximum atomic E-state index is 11.9. The van der Waals surface area contributed by atoms with E-state index in [-0.39, 0.29) is 18.2 Å². The molecular weight excluding hydrogens is 386 g/mol. The molecule has 0 aliphatic rings. The molecule has 0 fully saturated rings. The van der Waals surface area contributed by atoms with E-state index in [2.05, 4.69) is 26.1 Å². The highest BCUT2D eigenvalue weighted by Crippen LogP contribution is 2.21. The molecule has 1 heterocycles. The van der Waals surface area contributed by atoms with E-state index < -0.39 is 0 Å². The number of rotatable bonds is 6. The fourth-order valence-electron chi connectivity index (χ4n) is 1.64. The summed E-state index contributed by atoms with van der Waals surface area (Å²) < 4.78 is 5.76. The molecule has 0 atom stereocenters. The maximum Gasteiger partial charge on any atom is 0.228 e. The number of aromatic nitrogens is 1. The lowest BCUT2D eigenvalue weighted by atomic mass is 10.1. The monoisotopic (exact) mass is 397 g/mol. The third-order valence-corrected chi connectivity index (χ3v) is 3.65. The molecule has 0 saturated carbocycles. The molecule has 8 heteroatoms. The van der Waals surface area contributed by atoms with Crippen LogP contribution in [0.2, 0.25) is 5.02 Å². The van der Waals surface area contributed by atoms with E-state index >= 15 is 0 Å². The largest absolute Gasteiger partial charge is 0.480 e. The molecule has 2 aromatic rings. The van der Waals surface area contributed by atoms with Crippen LogP contribution < -0.4 is 10.5 Å². The number of hydrogen-bond donors (Lipinski definition) is 1. The number of oxime groups is 1. The molecule has 1 aromatic heterocycles. The predicted molar refractivity (Wildman–Crippen MR) is 90.9 cm³/mol. The second-order valence-electron chi connectivity index (χ2n) is 4.37. The zero-order valence-corrected chi connectivity index (χ0v) is 14.5. The van der Waals surface area contributed by atoms with Gasteiger partial charge in [0, 0.05) is 10.6 Å². The van der Waals surface area contributed by atoms with Gasteiger partial charge in [-0.1, -0.05) is 16.8 Å². The number of ketones is 1. The molecule has 0 aliphatic carbocycles. The number of ether oxygens (including phenoxy) is 1. The van der Waals surface area contributed by atoms with Crippen molar-refractivity contribution in [3.05, 3.63) is 57.2 Å². The minimum atomic E-state index is -0.240. The Kier molecular flexibility index (Phi) is 5.95. The van der Waals surface area contributed by atoms with Crippen LogP contribution in [0.15, 0.2) is 46.0 Å². The number of pyridine rings is 1. The van der Waals surface area contributed by atoms with Crippen LogP contribution >= 0.6 is 27.5 Å².